The van der Waals surface area contributed by atoms with Gasteiger partial charge in [-0.2, -0.15) is 0 Å². The number of imidazole rings is 2. The molecule has 25 heteroatoms. The standard InChI is InChI=1S/C37H33N9O12P2S2/c47-23(20-7-3-1-4-8-20)11-22-24-31(40-16-38-22)45(18-42-24)34-26-28-36(55-34,12-51-26)14-53-60(50,62)58-29-27-35(56-37(29,13-52-27)15-54-59(49,61)57-28)46-19-43-25-30(39-17-41-32(25)46)44-33(48)21-9-5-2-6-10-21/h1-10,16-19,26-29,34-35H,11-15H2,(H,49,61)(H,50,62)(H,39,41,44,48)/t26-,27-,28+,29+,34-,35-,36-,37-,59?,60?/m1/s1. The number of fused-ring (bicyclic) bond motifs is 2. The lowest BCUT2D eigenvalue weighted by Crippen LogP contribution is -2.48. The summed E-state index contributed by atoms with van der Waals surface area (Å²) in [5, 5.41) is 2.77. The number of rotatable bonds is 7. The van der Waals surface area contributed by atoms with Crippen LogP contribution in [-0.4, -0.2) is 118 Å². The SMILES string of the molecule is O=C(Cc1ncnc2c1ncn2[C@@H]1O[C@@]23CO[C@@H]1[C@@H]2OP(O)(=S)OC[C@@]12CO[C@@H]([C@H](n4cnc5c(NC(=O)c6ccccc6)ncnc54)O1)[C@@H]2OP(=O)(S)OC3)c1ccccc1. The van der Waals surface area contributed by atoms with Crippen LogP contribution in [0.2, 0.25) is 0 Å². The highest BCUT2D eigenvalue weighted by Crippen LogP contribution is 2.63. The van der Waals surface area contributed by atoms with Gasteiger partial charge in [0.15, 0.2) is 40.9 Å². The third kappa shape index (κ3) is 6.83. The number of carbonyl (C=O) groups is 2. The Morgan fingerprint density at radius 1 is 0.758 bits per heavy atom. The number of nitrogens with zero attached hydrogens (tertiary/aromatic N) is 8. The third-order valence-corrected chi connectivity index (χ3v) is 14.5. The molecule has 6 aromatic rings. The Bertz CT molecular complexity index is 2670. The lowest BCUT2D eigenvalue weighted by Gasteiger charge is -2.36. The largest absolute Gasteiger partial charge is 0.386 e. The summed E-state index contributed by atoms with van der Waals surface area (Å²) in [6.45, 7) is -9.59. The molecular formula is C37H33N9O12P2S2. The van der Waals surface area contributed by atoms with Gasteiger partial charge in [-0.15, -0.1) is 0 Å². The highest BCUT2D eigenvalue weighted by Gasteiger charge is 2.68. The fourth-order valence-electron chi connectivity index (χ4n) is 8.47. The summed E-state index contributed by atoms with van der Waals surface area (Å²) >= 11 is 9.96. The van der Waals surface area contributed by atoms with Crippen molar-refractivity contribution in [3.63, 3.8) is 0 Å². The van der Waals surface area contributed by atoms with Gasteiger partial charge < -0.3 is 33.7 Å². The van der Waals surface area contributed by atoms with Crippen molar-refractivity contribution >= 4 is 77.4 Å². The number of hydrogen-bond donors (Lipinski definition) is 3. The Morgan fingerprint density at radius 2 is 1.32 bits per heavy atom. The second kappa shape index (κ2) is 15.1. The van der Waals surface area contributed by atoms with Crippen LogP contribution in [0.15, 0.2) is 86.0 Å². The van der Waals surface area contributed by atoms with Crippen LogP contribution in [0, 0.1) is 0 Å². The number of ketones is 1. The summed E-state index contributed by atoms with van der Waals surface area (Å²) in [4.78, 5) is 64.2. The molecule has 10 atom stereocenters. The van der Waals surface area contributed by atoms with Crippen molar-refractivity contribution in [2.75, 3.05) is 31.7 Å². The van der Waals surface area contributed by atoms with E-state index in [-0.39, 0.29) is 42.4 Å². The van der Waals surface area contributed by atoms with E-state index in [4.69, 9.17) is 48.8 Å². The third-order valence-electron chi connectivity index (χ3n) is 11.4. The van der Waals surface area contributed by atoms with Gasteiger partial charge in [-0.25, -0.2) is 34.5 Å². The number of anilines is 1. The maximum atomic E-state index is 14.2. The number of amides is 1. The van der Waals surface area contributed by atoms with Crippen LogP contribution >= 0.6 is 25.8 Å². The van der Waals surface area contributed by atoms with Crippen LogP contribution < -0.4 is 5.32 Å². The van der Waals surface area contributed by atoms with Crippen LogP contribution in [0.25, 0.3) is 22.3 Å². The lowest BCUT2D eigenvalue weighted by molar-refractivity contribution is -0.187. The van der Waals surface area contributed by atoms with E-state index in [1.807, 2.05) is 6.07 Å². The number of nitrogens with one attached hydrogen (secondary N) is 1. The Kier molecular flexibility index (Phi) is 9.81. The van der Waals surface area contributed by atoms with Gasteiger partial charge in [0.2, 0.25) is 0 Å². The van der Waals surface area contributed by atoms with Crippen LogP contribution in [0.5, 0.6) is 0 Å². The molecule has 0 radical (unpaired) electrons. The predicted molar refractivity (Wildman–Crippen MR) is 219 cm³/mol. The zero-order chi connectivity index (χ0) is 42.4. The van der Waals surface area contributed by atoms with Gasteiger partial charge in [-0.3, -0.25) is 32.3 Å². The van der Waals surface area contributed by atoms with Crippen molar-refractivity contribution in [2.24, 2.45) is 0 Å². The van der Waals surface area contributed by atoms with E-state index in [1.54, 1.807) is 63.7 Å². The van der Waals surface area contributed by atoms with Crippen molar-refractivity contribution < 1.29 is 56.1 Å². The molecule has 11 rings (SSSR count). The van der Waals surface area contributed by atoms with E-state index < -0.39 is 80.7 Å². The summed E-state index contributed by atoms with van der Waals surface area (Å²) in [7, 11) is 0. The Morgan fingerprint density at radius 3 is 1.98 bits per heavy atom. The molecule has 62 heavy (non-hydrogen) atoms. The number of carbonyl (C=O) groups excluding carboxylic acids is 2. The van der Waals surface area contributed by atoms with Gasteiger partial charge in [-0.1, -0.05) is 60.8 Å². The molecule has 1 amide bonds. The van der Waals surface area contributed by atoms with Crippen LogP contribution in [0.3, 0.4) is 0 Å². The number of ether oxygens (including phenoxy) is 4. The average Bonchev–Trinajstić information content (AvgIpc) is 4.13. The Hall–Kier alpha value is -4.45. The number of Topliss-reactive ketones (excluding diaryl/α,β-unsaturated/α-hetero) is 1. The number of thiol groups is 1. The molecule has 4 bridgehead atoms. The van der Waals surface area contributed by atoms with Gasteiger partial charge in [0.25, 0.3) is 5.91 Å². The minimum atomic E-state index is -4.30. The summed E-state index contributed by atoms with van der Waals surface area (Å²) in [5.74, 6) is -0.392. The van der Waals surface area contributed by atoms with Crippen molar-refractivity contribution in [2.45, 2.75) is 54.5 Å². The minimum Gasteiger partial charge on any atom is -0.367 e. The molecule has 5 fully saturated rings. The van der Waals surface area contributed by atoms with E-state index in [0.717, 1.165) is 0 Å². The van der Waals surface area contributed by atoms with Crippen molar-refractivity contribution in [1.29, 1.82) is 0 Å². The monoisotopic (exact) mass is 921 g/mol. The van der Waals surface area contributed by atoms with Gasteiger partial charge in [0.05, 0.1) is 51.2 Å². The van der Waals surface area contributed by atoms with Gasteiger partial charge in [-0.05, 0) is 23.9 Å². The summed E-state index contributed by atoms with van der Waals surface area (Å²) in [6, 6.07) is 17.5. The topological polar surface area (TPSA) is 245 Å². The molecule has 320 valence electrons. The van der Waals surface area contributed by atoms with E-state index in [2.05, 4.69) is 47.5 Å². The van der Waals surface area contributed by atoms with E-state index in [9.17, 15) is 19.0 Å². The first-order valence-electron chi connectivity index (χ1n) is 19.1. The normalized spacial score (nSPS) is 34.1. The molecule has 0 saturated carbocycles. The Balaban J connectivity index is 0.859. The smallest absolute Gasteiger partial charge is 0.367 e. The highest BCUT2D eigenvalue weighted by molar-refractivity contribution is 8.44. The molecule has 5 aliphatic rings. The zero-order valence-corrected chi connectivity index (χ0v) is 35.3. The van der Waals surface area contributed by atoms with Gasteiger partial charge >= 0.3 is 13.5 Å². The van der Waals surface area contributed by atoms with Crippen LogP contribution in [0.1, 0.15) is 38.9 Å². The molecule has 0 aliphatic carbocycles. The molecule has 9 heterocycles. The minimum absolute atomic E-state index is 0.0288. The molecule has 2 unspecified atom stereocenters. The first-order valence-corrected chi connectivity index (χ1v) is 24.4. The van der Waals surface area contributed by atoms with E-state index >= 15 is 0 Å². The summed E-state index contributed by atoms with van der Waals surface area (Å²) < 4.78 is 67.4. The van der Waals surface area contributed by atoms with E-state index in [0.29, 0.717) is 28.0 Å². The molecule has 5 saturated heterocycles. The summed E-state index contributed by atoms with van der Waals surface area (Å²) in [5.41, 5.74) is -0.424. The highest BCUT2D eigenvalue weighted by atomic mass is 32.7. The number of aromatic nitrogens is 8. The van der Waals surface area contributed by atoms with Crippen LogP contribution in [-0.2, 0) is 59.8 Å². The first-order chi connectivity index (χ1) is 29.9. The number of hydrogen-bond acceptors (Lipinski definition) is 18. The molecule has 5 aliphatic heterocycles. The second-order valence-corrected chi connectivity index (χ2v) is 20.9. The predicted octanol–water partition coefficient (Wildman–Crippen LogP) is 3.75. The second-order valence-electron chi connectivity index (χ2n) is 15.2. The van der Waals surface area contributed by atoms with Gasteiger partial charge in [0.1, 0.15) is 53.8 Å². The van der Waals surface area contributed by atoms with E-state index in [1.165, 1.54) is 25.3 Å². The first kappa shape index (κ1) is 40.3. The van der Waals surface area contributed by atoms with Crippen molar-refractivity contribution in [3.05, 3.63) is 103 Å². The average molecular weight is 922 g/mol. The molecule has 4 aromatic heterocycles. The Labute approximate surface area is 360 Å². The molecule has 2 N–H and O–H groups in total. The maximum Gasteiger partial charge on any atom is 0.386 e. The molecule has 0 spiro atoms. The fourth-order valence-corrected chi connectivity index (χ4v) is 11.5. The van der Waals surface area contributed by atoms with Crippen LogP contribution in [0.4, 0.5) is 5.82 Å². The van der Waals surface area contributed by atoms with Gasteiger partial charge in [0, 0.05) is 11.1 Å². The quantitative estimate of drug-likeness (QED) is 0.117. The zero-order valence-electron chi connectivity index (χ0n) is 31.8. The fraction of sp³-hybridized carbons (Fsp3) is 0.351. The molecular weight excluding hydrogens is 889 g/mol. The molecule has 21 nitrogen and oxygen atoms in total. The lowest BCUT2D eigenvalue weighted by atomic mass is 10.0. The molecule has 2 aromatic carbocycles. The van der Waals surface area contributed by atoms with Crippen molar-refractivity contribution in [3.8, 4) is 0 Å². The van der Waals surface area contributed by atoms with Crippen molar-refractivity contribution in [1.82, 2.24) is 39.0 Å². The number of benzene rings is 2. The maximum absolute atomic E-state index is 14.2. The summed E-state index contributed by atoms with van der Waals surface area (Å²) in [6.07, 6.45) is -0.656.